The van der Waals surface area contributed by atoms with Crippen molar-refractivity contribution in [3.05, 3.63) is 76.2 Å². The zero-order chi connectivity index (χ0) is 21.5. The molecular formula is C24H26N2O4S. The van der Waals surface area contributed by atoms with E-state index in [0.717, 1.165) is 29.7 Å². The Morgan fingerprint density at radius 3 is 2.81 bits per heavy atom. The molecule has 162 valence electrons. The third-order valence-electron chi connectivity index (χ3n) is 5.17. The molecule has 31 heavy (non-hydrogen) atoms. The van der Waals surface area contributed by atoms with Crippen molar-refractivity contribution in [3.8, 4) is 11.5 Å². The van der Waals surface area contributed by atoms with Crippen LogP contribution in [-0.2, 0) is 29.0 Å². The van der Waals surface area contributed by atoms with Crippen molar-refractivity contribution in [1.82, 2.24) is 9.88 Å². The first-order valence-corrected chi connectivity index (χ1v) is 11.2. The summed E-state index contributed by atoms with van der Waals surface area (Å²) in [6, 6.07) is 11.7. The Labute approximate surface area is 186 Å². The Bertz CT molecular complexity index is 973. The number of rotatable bonds is 9. The maximum atomic E-state index is 13.1. The van der Waals surface area contributed by atoms with Gasteiger partial charge < -0.3 is 19.1 Å². The number of ether oxygens (including phenoxy) is 3. The number of pyridine rings is 1. The van der Waals surface area contributed by atoms with E-state index in [0.29, 0.717) is 37.6 Å². The molecule has 1 saturated heterocycles. The van der Waals surface area contributed by atoms with Crippen molar-refractivity contribution in [1.29, 1.82) is 0 Å². The molecule has 1 amide bonds. The number of carbonyl (C=O) groups excluding carboxylic acids is 1. The zero-order valence-corrected chi connectivity index (χ0v) is 18.3. The van der Waals surface area contributed by atoms with Crippen LogP contribution in [0.2, 0.25) is 0 Å². The number of carbonyl (C=O) groups is 1. The number of aromatic nitrogens is 1. The lowest BCUT2D eigenvalue weighted by molar-refractivity contribution is -0.131. The number of amides is 1. The summed E-state index contributed by atoms with van der Waals surface area (Å²) in [6.45, 7) is 2.29. The molecule has 0 aliphatic carbocycles. The van der Waals surface area contributed by atoms with Crippen molar-refractivity contribution >= 4 is 17.2 Å². The first-order chi connectivity index (χ1) is 15.2. The minimum atomic E-state index is 0.0500. The van der Waals surface area contributed by atoms with E-state index >= 15 is 0 Å². The highest BCUT2D eigenvalue weighted by Gasteiger charge is 2.20. The molecule has 6 nitrogen and oxygen atoms in total. The maximum Gasteiger partial charge on any atom is 0.227 e. The van der Waals surface area contributed by atoms with E-state index in [9.17, 15) is 4.79 Å². The minimum absolute atomic E-state index is 0.0500. The molecule has 0 radical (unpaired) electrons. The van der Waals surface area contributed by atoms with Crippen LogP contribution in [0.1, 0.15) is 23.1 Å². The molecule has 0 spiro atoms. The average Bonchev–Trinajstić information content (AvgIpc) is 3.49. The fraction of sp³-hybridized carbons (Fsp3) is 0.333. The first-order valence-electron chi connectivity index (χ1n) is 10.3. The number of hydrogen-bond donors (Lipinski definition) is 0. The Hall–Kier alpha value is -2.90. The van der Waals surface area contributed by atoms with E-state index in [1.54, 1.807) is 30.8 Å². The lowest BCUT2D eigenvalue weighted by Gasteiger charge is -2.24. The zero-order valence-electron chi connectivity index (χ0n) is 17.5. The molecule has 0 N–H and O–H groups in total. The summed E-state index contributed by atoms with van der Waals surface area (Å²) in [5.41, 5.74) is 3.01. The topological polar surface area (TPSA) is 60.9 Å². The lowest BCUT2D eigenvalue weighted by Crippen LogP contribution is -2.31. The standard InChI is InChI=1S/C24H26N2O4S/c1-28-23-11-18(4-5-22(23)30-21-6-9-29-16-21)14-26(15-20-3-2-8-25-13-20)24(27)12-19-7-10-31-17-19/h2-5,7-8,10-11,13,17,21H,6,9,12,14-16H2,1H3/t21-/m0/s1. The number of benzene rings is 1. The van der Waals surface area contributed by atoms with E-state index in [1.807, 2.05) is 52.1 Å². The van der Waals surface area contributed by atoms with Crippen LogP contribution in [0.3, 0.4) is 0 Å². The lowest BCUT2D eigenvalue weighted by atomic mass is 10.1. The van der Waals surface area contributed by atoms with Crippen LogP contribution in [0.25, 0.3) is 0 Å². The third-order valence-corrected chi connectivity index (χ3v) is 5.90. The summed E-state index contributed by atoms with van der Waals surface area (Å²) in [5, 5.41) is 4.01. The molecule has 1 aromatic carbocycles. The van der Waals surface area contributed by atoms with Crippen LogP contribution in [0, 0.1) is 0 Å². The molecule has 0 unspecified atom stereocenters. The molecule has 1 fully saturated rings. The third kappa shape index (κ3) is 5.83. The van der Waals surface area contributed by atoms with Gasteiger partial charge >= 0.3 is 0 Å². The number of methoxy groups -OCH3 is 1. The Morgan fingerprint density at radius 2 is 2.10 bits per heavy atom. The average molecular weight is 439 g/mol. The van der Waals surface area contributed by atoms with E-state index in [1.165, 1.54) is 0 Å². The molecule has 0 saturated carbocycles. The van der Waals surface area contributed by atoms with E-state index in [-0.39, 0.29) is 12.0 Å². The highest BCUT2D eigenvalue weighted by atomic mass is 32.1. The van der Waals surface area contributed by atoms with Gasteiger partial charge in [-0.05, 0) is 51.7 Å². The normalized spacial score (nSPS) is 15.6. The summed E-state index contributed by atoms with van der Waals surface area (Å²) in [6.07, 6.45) is 4.84. The van der Waals surface area contributed by atoms with Crippen molar-refractivity contribution in [2.45, 2.75) is 32.0 Å². The van der Waals surface area contributed by atoms with Crippen molar-refractivity contribution < 1.29 is 19.0 Å². The van der Waals surface area contributed by atoms with Gasteiger partial charge in [0.25, 0.3) is 0 Å². The molecule has 3 heterocycles. The largest absolute Gasteiger partial charge is 0.493 e. The minimum Gasteiger partial charge on any atom is -0.493 e. The van der Waals surface area contributed by atoms with Gasteiger partial charge in [-0.25, -0.2) is 0 Å². The van der Waals surface area contributed by atoms with E-state index in [2.05, 4.69) is 4.98 Å². The second-order valence-corrected chi connectivity index (χ2v) is 8.29. The van der Waals surface area contributed by atoms with E-state index in [4.69, 9.17) is 14.2 Å². The molecule has 1 atom stereocenters. The summed E-state index contributed by atoms with van der Waals surface area (Å²) in [5.74, 6) is 1.44. The van der Waals surface area contributed by atoms with Gasteiger partial charge in [0.15, 0.2) is 11.5 Å². The highest BCUT2D eigenvalue weighted by Crippen LogP contribution is 2.31. The molecule has 7 heteroatoms. The SMILES string of the molecule is COc1cc(CN(Cc2cccnc2)C(=O)Cc2ccsc2)ccc1O[C@H]1CCOC1. The van der Waals surface area contributed by atoms with Crippen LogP contribution in [0.15, 0.2) is 59.6 Å². The van der Waals surface area contributed by atoms with Crippen LogP contribution in [0.4, 0.5) is 0 Å². The second-order valence-electron chi connectivity index (χ2n) is 7.51. The Morgan fingerprint density at radius 1 is 1.19 bits per heavy atom. The van der Waals surface area contributed by atoms with Crippen LogP contribution in [0.5, 0.6) is 11.5 Å². The second kappa shape index (κ2) is 10.4. The number of thiophene rings is 1. The van der Waals surface area contributed by atoms with Gasteiger partial charge in [-0.1, -0.05) is 12.1 Å². The van der Waals surface area contributed by atoms with Crippen molar-refractivity contribution in [3.63, 3.8) is 0 Å². The Balaban J connectivity index is 1.51. The fourth-order valence-electron chi connectivity index (χ4n) is 3.54. The van der Waals surface area contributed by atoms with E-state index < -0.39 is 0 Å². The number of nitrogens with zero attached hydrogens (tertiary/aromatic N) is 2. The smallest absolute Gasteiger partial charge is 0.227 e. The van der Waals surface area contributed by atoms with Crippen LogP contribution in [-0.4, -0.2) is 42.2 Å². The molecular weight excluding hydrogens is 412 g/mol. The summed E-state index contributed by atoms with van der Waals surface area (Å²) in [7, 11) is 1.63. The summed E-state index contributed by atoms with van der Waals surface area (Å²) >= 11 is 1.60. The van der Waals surface area contributed by atoms with Gasteiger partial charge in [0, 0.05) is 31.9 Å². The van der Waals surface area contributed by atoms with Gasteiger partial charge in [0.2, 0.25) is 5.91 Å². The fourth-order valence-corrected chi connectivity index (χ4v) is 4.21. The molecule has 1 aliphatic heterocycles. The van der Waals surface area contributed by atoms with Gasteiger partial charge in [0.1, 0.15) is 6.10 Å². The molecule has 4 rings (SSSR count). The van der Waals surface area contributed by atoms with Crippen molar-refractivity contribution in [2.24, 2.45) is 0 Å². The van der Waals surface area contributed by atoms with Crippen molar-refractivity contribution in [2.75, 3.05) is 20.3 Å². The monoisotopic (exact) mass is 438 g/mol. The first kappa shape index (κ1) is 21.3. The molecule has 2 aromatic heterocycles. The molecule has 0 bridgehead atoms. The molecule has 1 aliphatic rings. The van der Waals surface area contributed by atoms with Gasteiger partial charge in [-0.3, -0.25) is 9.78 Å². The van der Waals surface area contributed by atoms with Gasteiger partial charge in [-0.2, -0.15) is 11.3 Å². The van der Waals surface area contributed by atoms with Gasteiger partial charge in [0.05, 0.1) is 26.7 Å². The summed E-state index contributed by atoms with van der Waals surface area (Å²) in [4.78, 5) is 19.2. The maximum absolute atomic E-state index is 13.1. The quantitative estimate of drug-likeness (QED) is 0.504. The van der Waals surface area contributed by atoms with Crippen LogP contribution >= 0.6 is 11.3 Å². The highest BCUT2D eigenvalue weighted by molar-refractivity contribution is 7.08. The predicted molar refractivity (Wildman–Crippen MR) is 119 cm³/mol. The van der Waals surface area contributed by atoms with Crippen LogP contribution < -0.4 is 9.47 Å². The van der Waals surface area contributed by atoms with Gasteiger partial charge in [-0.15, -0.1) is 0 Å². The summed E-state index contributed by atoms with van der Waals surface area (Å²) < 4.78 is 17.0. The molecule has 3 aromatic rings. The number of hydrogen-bond acceptors (Lipinski definition) is 6. The predicted octanol–water partition coefficient (Wildman–Crippen LogP) is 4.09. The Kier molecular flexibility index (Phi) is 7.17.